The molecule has 0 unspecified atom stereocenters. The summed E-state index contributed by atoms with van der Waals surface area (Å²) in [5.41, 5.74) is 1.90. The fraction of sp³-hybridized carbons (Fsp3) is 0.462. The van der Waals surface area contributed by atoms with Crippen molar-refractivity contribution in [3.63, 3.8) is 0 Å². The van der Waals surface area contributed by atoms with Crippen LogP contribution in [-0.2, 0) is 11.2 Å². The van der Waals surface area contributed by atoms with Crippen LogP contribution in [0, 0.1) is 0 Å². The second kappa shape index (κ2) is 6.91. The van der Waals surface area contributed by atoms with Crippen LogP contribution >= 0.6 is 0 Å². The molecule has 1 rings (SSSR count). The summed E-state index contributed by atoms with van der Waals surface area (Å²) in [6.07, 6.45) is 0.931. The summed E-state index contributed by atoms with van der Waals surface area (Å²) in [5, 5.41) is 5.83. The molecular weight excluding hydrogens is 216 g/mol. The van der Waals surface area contributed by atoms with Crippen molar-refractivity contribution in [1.82, 2.24) is 5.32 Å². The van der Waals surface area contributed by atoms with Crippen molar-refractivity contribution in [3.8, 4) is 5.75 Å². The molecule has 17 heavy (non-hydrogen) atoms. The third-order valence-electron chi connectivity index (χ3n) is 2.48. The molecule has 1 aromatic rings. The maximum absolute atomic E-state index is 11.6. The number of hydrogen-bond donors (Lipinski definition) is 2. The van der Waals surface area contributed by atoms with E-state index in [-0.39, 0.29) is 5.91 Å². The van der Waals surface area contributed by atoms with Crippen molar-refractivity contribution in [2.24, 2.45) is 0 Å². The van der Waals surface area contributed by atoms with E-state index in [9.17, 15) is 4.79 Å². The number of amides is 1. The van der Waals surface area contributed by atoms with Gasteiger partial charge in [-0.05, 0) is 30.7 Å². The molecule has 1 amide bonds. The van der Waals surface area contributed by atoms with Gasteiger partial charge >= 0.3 is 0 Å². The number of aryl methyl sites for hydroxylation is 1. The van der Waals surface area contributed by atoms with Gasteiger partial charge in [-0.3, -0.25) is 4.79 Å². The standard InChI is InChI=1S/C13H20N2O2/c1-4-10-6-7-12(17-3)11(8-10)15-13(16)9-14-5-2/h6-8,14H,4-5,9H2,1-3H3,(H,15,16). The number of rotatable bonds is 6. The van der Waals surface area contributed by atoms with Crippen LogP contribution in [0.25, 0.3) is 0 Å². The van der Waals surface area contributed by atoms with Crippen molar-refractivity contribution < 1.29 is 9.53 Å². The Kier molecular flexibility index (Phi) is 5.49. The Morgan fingerprint density at radius 1 is 1.35 bits per heavy atom. The maximum atomic E-state index is 11.6. The SMILES string of the molecule is CCNCC(=O)Nc1cc(CC)ccc1OC. The number of anilines is 1. The van der Waals surface area contributed by atoms with Crippen LogP contribution in [0.3, 0.4) is 0 Å². The molecule has 0 aliphatic carbocycles. The molecule has 0 aliphatic rings. The van der Waals surface area contributed by atoms with Gasteiger partial charge < -0.3 is 15.4 Å². The highest BCUT2D eigenvalue weighted by Gasteiger charge is 2.07. The molecule has 0 fully saturated rings. The van der Waals surface area contributed by atoms with Crippen LogP contribution in [0.4, 0.5) is 5.69 Å². The second-order valence-corrected chi connectivity index (χ2v) is 3.72. The molecule has 0 atom stereocenters. The smallest absolute Gasteiger partial charge is 0.238 e. The average Bonchev–Trinajstić information content (AvgIpc) is 2.36. The van der Waals surface area contributed by atoms with Crippen molar-refractivity contribution in [2.75, 3.05) is 25.5 Å². The number of carbonyl (C=O) groups excluding carboxylic acids is 1. The van der Waals surface area contributed by atoms with E-state index in [1.54, 1.807) is 7.11 Å². The first-order valence-electron chi connectivity index (χ1n) is 5.88. The second-order valence-electron chi connectivity index (χ2n) is 3.72. The summed E-state index contributed by atoms with van der Waals surface area (Å²) < 4.78 is 5.22. The van der Waals surface area contributed by atoms with Gasteiger partial charge in [0.1, 0.15) is 5.75 Å². The Balaban J connectivity index is 2.76. The van der Waals surface area contributed by atoms with Crippen LogP contribution in [0.2, 0.25) is 0 Å². The van der Waals surface area contributed by atoms with Gasteiger partial charge in [-0.2, -0.15) is 0 Å². The van der Waals surface area contributed by atoms with E-state index < -0.39 is 0 Å². The van der Waals surface area contributed by atoms with E-state index in [2.05, 4.69) is 17.6 Å². The summed E-state index contributed by atoms with van der Waals surface area (Å²) in [7, 11) is 1.60. The maximum Gasteiger partial charge on any atom is 0.238 e. The van der Waals surface area contributed by atoms with Gasteiger partial charge in [0.25, 0.3) is 0 Å². The van der Waals surface area contributed by atoms with E-state index in [0.717, 1.165) is 18.7 Å². The number of benzene rings is 1. The van der Waals surface area contributed by atoms with Gasteiger partial charge in [0.05, 0.1) is 19.3 Å². The normalized spacial score (nSPS) is 10.1. The Morgan fingerprint density at radius 3 is 2.71 bits per heavy atom. The van der Waals surface area contributed by atoms with Crippen molar-refractivity contribution in [1.29, 1.82) is 0 Å². The molecule has 0 saturated carbocycles. The Morgan fingerprint density at radius 2 is 2.12 bits per heavy atom. The predicted octanol–water partition coefficient (Wildman–Crippen LogP) is 1.81. The number of methoxy groups -OCH3 is 1. The van der Waals surface area contributed by atoms with Crippen LogP contribution in [0.5, 0.6) is 5.75 Å². The lowest BCUT2D eigenvalue weighted by Crippen LogP contribution is -2.27. The van der Waals surface area contributed by atoms with Gasteiger partial charge in [-0.15, -0.1) is 0 Å². The van der Waals surface area contributed by atoms with Crippen molar-refractivity contribution in [2.45, 2.75) is 20.3 Å². The molecule has 0 radical (unpaired) electrons. The van der Waals surface area contributed by atoms with E-state index >= 15 is 0 Å². The number of ether oxygens (including phenoxy) is 1. The Labute approximate surface area is 102 Å². The third kappa shape index (κ3) is 4.07. The molecule has 0 bridgehead atoms. The van der Waals surface area contributed by atoms with Crippen LogP contribution in [-0.4, -0.2) is 26.1 Å². The Bertz CT molecular complexity index is 378. The minimum Gasteiger partial charge on any atom is -0.495 e. The van der Waals surface area contributed by atoms with E-state index in [0.29, 0.717) is 12.3 Å². The molecule has 2 N–H and O–H groups in total. The zero-order valence-corrected chi connectivity index (χ0v) is 10.7. The lowest BCUT2D eigenvalue weighted by molar-refractivity contribution is -0.115. The molecule has 0 aliphatic heterocycles. The summed E-state index contributed by atoms with van der Waals surface area (Å²) in [6, 6.07) is 5.82. The minimum atomic E-state index is -0.0570. The molecule has 0 saturated heterocycles. The minimum absolute atomic E-state index is 0.0570. The third-order valence-corrected chi connectivity index (χ3v) is 2.48. The van der Waals surface area contributed by atoms with Crippen LogP contribution in [0.1, 0.15) is 19.4 Å². The van der Waals surface area contributed by atoms with E-state index in [1.165, 1.54) is 5.56 Å². The van der Waals surface area contributed by atoms with Gasteiger partial charge in [0.15, 0.2) is 0 Å². The number of carbonyl (C=O) groups is 1. The first-order valence-corrected chi connectivity index (χ1v) is 5.88. The number of hydrogen-bond acceptors (Lipinski definition) is 3. The predicted molar refractivity (Wildman–Crippen MR) is 69.5 cm³/mol. The van der Waals surface area contributed by atoms with Gasteiger partial charge in [-0.25, -0.2) is 0 Å². The molecule has 4 heteroatoms. The first kappa shape index (κ1) is 13.5. The average molecular weight is 236 g/mol. The highest BCUT2D eigenvalue weighted by molar-refractivity contribution is 5.93. The number of nitrogens with one attached hydrogen (secondary N) is 2. The zero-order valence-electron chi connectivity index (χ0n) is 10.7. The molecule has 4 nitrogen and oxygen atoms in total. The van der Waals surface area contributed by atoms with Gasteiger partial charge in [0, 0.05) is 0 Å². The lowest BCUT2D eigenvalue weighted by atomic mass is 10.1. The highest BCUT2D eigenvalue weighted by atomic mass is 16.5. The highest BCUT2D eigenvalue weighted by Crippen LogP contribution is 2.25. The summed E-state index contributed by atoms with van der Waals surface area (Å²) in [5.74, 6) is 0.630. The largest absolute Gasteiger partial charge is 0.495 e. The van der Waals surface area contributed by atoms with Crippen LogP contribution in [0.15, 0.2) is 18.2 Å². The molecule has 0 spiro atoms. The quantitative estimate of drug-likeness (QED) is 0.792. The topological polar surface area (TPSA) is 50.4 Å². The van der Waals surface area contributed by atoms with Crippen molar-refractivity contribution in [3.05, 3.63) is 23.8 Å². The van der Waals surface area contributed by atoms with Gasteiger partial charge in [0.2, 0.25) is 5.91 Å². The van der Waals surface area contributed by atoms with Crippen molar-refractivity contribution >= 4 is 11.6 Å². The molecule has 0 heterocycles. The fourth-order valence-corrected chi connectivity index (χ4v) is 1.51. The summed E-state index contributed by atoms with van der Waals surface area (Å²) in [6.45, 7) is 5.13. The van der Waals surface area contributed by atoms with Crippen LogP contribution < -0.4 is 15.4 Å². The zero-order chi connectivity index (χ0) is 12.7. The summed E-state index contributed by atoms with van der Waals surface area (Å²) in [4.78, 5) is 11.6. The number of likely N-dealkylation sites (N-methyl/N-ethyl adjacent to an activating group) is 1. The monoisotopic (exact) mass is 236 g/mol. The molecular formula is C13H20N2O2. The fourth-order valence-electron chi connectivity index (χ4n) is 1.51. The van der Waals surface area contributed by atoms with E-state index in [1.807, 2.05) is 25.1 Å². The van der Waals surface area contributed by atoms with Gasteiger partial charge in [-0.1, -0.05) is 19.9 Å². The molecule has 1 aromatic carbocycles. The van der Waals surface area contributed by atoms with E-state index in [4.69, 9.17) is 4.74 Å². The molecule has 94 valence electrons. The first-order chi connectivity index (χ1) is 8.21. The molecule has 0 aromatic heterocycles. The summed E-state index contributed by atoms with van der Waals surface area (Å²) >= 11 is 0. The lowest BCUT2D eigenvalue weighted by Gasteiger charge is -2.11. The Hall–Kier alpha value is -1.55.